The van der Waals surface area contributed by atoms with Crippen molar-refractivity contribution >= 4 is 0 Å². The molecule has 1 saturated heterocycles. The summed E-state index contributed by atoms with van der Waals surface area (Å²) >= 11 is 0. The molecule has 1 N–H and O–H groups in total. The topological polar surface area (TPSA) is 15.3 Å². The summed E-state index contributed by atoms with van der Waals surface area (Å²) in [6.45, 7) is 10.00. The van der Waals surface area contributed by atoms with E-state index in [4.69, 9.17) is 0 Å². The van der Waals surface area contributed by atoms with Crippen LogP contribution in [0.1, 0.15) is 72.1 Å². The Hall–Kier alpha value is -0.0800. The first-order chi connectivity index (χ1) is 9.54. The van der Waals surface area contributed by atoms with Crippen molar-refractivity contribution < 1.29 is 0 Å². The first-order valence-corrected chi connectivity index (χ1v) is 9.04. The average Bonchev–Trinajstić information content (AvgIpc) is 3.23. The predicted octanol–water partition coefficient (Wildman–Crippen LogP) is 3.81. The maximum absolute atomic E-state index is 4.07. The quantitative estimate of drug-likeness (QED) is 0.844. The van der Waals surface area contributed by atoms with E-state index in [1.165, 1.54) is 64.5 Å². The molecule has 0 amide bonds. The fourth-order valence-corrected chi connectivity index (χ4v) is 4.54. The Bertz CT molecular complexity index is 308. The Balaban J connectivity index is 1.51. The van der Waals surface area contributed by atoms with Crippen molar-refractivity contribution in [2.75, 3.05) is 13.1 Å². The largest absolute Gasteiger partial charge is 0.311 e. The first-order valence-electron chi connectivity index (χ1n) is 9.04. The highest BCUT2D eigenvalue weighted by Gasteiger charge is 2.36. The van der Waals surface area contributed by atoms with Crippen molar-refractivity contribution in [2.45, 2.75) is 90.3 Å². The highest BCUT2D eigenvalue weighted by molar-refractivity contribution is 4.93. The van der Waals surface area contributed by atoms with Gasteiger partial charge in [-0.2, -0.15) is 0 Å². The summed E-state index contributed by atoms with van der Waals surface area (Å²) < 4.78 is 0. The van der Waals surface area contributed by atoms with Crippen LogP contribution in [-0.2, 0) is 0 Å². The van der Waals surface area contributed by atoms with E-state index in [0.717, 1.165) is 24.0 Å². The first kappa shape index (κ1) is 14.8. The zero-order chi connectivity index (χ0) is 14.2. The van der Waals surface area contributed by atoms with E-state index in [1.54, 1.807) is 0 Å². The summed E-state index contributed by atoms with van der Waals surface area (Å²) in [5.41, 5.74) is 0.465. The van der Waals surface area contributed by atoms with Gasteiger partial charge in [-0.25, -0.2) is 0 Å². The van der Waals surface area contributed by atoms with Crippen molar-refractivity contribution in [3.8, 4) is 0 Å². The maximum Gasteiger partial charge on any atom is 0.0103 e. The number of hydrogen-bond donors (Lipinski definition) is 1. The Morgan fingerprint density at radius 3 is 2.10 bits per heavy atom. The van der Waals surface area contributed by atoms with Crippen LogP contribution in [0.25, 0.3) is 0 Å². The van der Waals surface area contributed by atoms with Gasteiger partial charge in [0.25, 0.3) is 0 Å². The number of nitrogens with zero attached hydrogens (tertiary/aromatic N) is 1. The second-order valence-electron chi connectivity index (χ2n) is 8.57. The van der Waals surface area contributed by atoms with E-state index in [0.29, 0.717) is 5.41 Å². The van der Waals surface area contributed by atoms with Gasteiger partial charge in [-0.1, -0.05) is 33.6 Å². The number of rotatable bonds is 3. The SMILES string of the molecule is CC(C)(C)C1CCCCC1NC1CCN(C2CC2)CC1. The molecule has 2 unspecified atom stereocenters. The van der Waals surface area contributed by atoms with Gasteiger partial charge in [0.2, 0.25) is 0 Å². The van der Waals surface area contributed by atoms with Crippen LogP contribution >= 0.6 is 0 Å². The van der Waals surface area contributed by atoms with E-state index in [1.807, 2.05) is 0 Å². The van der Waals surface area contributed by atoms with Crippen molar-refractivity contribution in [3.63, 3.8) is 0 Å². The summed E-state index contributed by atoms with van der Waals surface area (Å²) in [6.07, 6.45) is 11.4. The lowest BCUT2D eigenvalue weighted by atomic mass is 9.69. The Morgan fingerprint density at radius 2 is 1.50 bits per heavy atom. The van der Waals surface area contributed by atoms with Gasteiger partial charge >= 0.3 is 0 Å². The standard InChI is InChI=1S/C18H34N2/c1-18(2,3)16-6-4-5-7-17(16)19-14-10-12-20(13-11-14)15-8-9-15/h14-17,19H,4-13H2,1-3H3. The Morgan fingerprint density at radius 1 is 0.850 bits per heavy atom. The van der Waals surface area contributed by atoms with Crippen LogP contribution in [0.15, 0.2) is 0 Å². The van der Waals surface area contributed by atoms with Crippen LogP contribution in [0.5, 0.6) is 0 Å². The smallest absolute Gasteiger partial charge is 0.0103 e. The van der Waals surface area contributed by atoms with Gasteiger partial charge in [0.15, 0.2) is 0 Å². The fraction of sp³-hybridized carbons (Fsp3) is 1.00. The molecule has 0 aromatic rings. The second-order valence-corrected chi connectivity index (χ2v) is 8.57. The van der Waals surface area contributed by atoms with Crippen molar-refractivity contribution in [3.05, 3.63) is 0 Å². The Kier molecular flexibility index (Phi) is 4.42. The zero-order valence-corrected chi connectivity index (χ0v) is 13.8. The normalized spacial score (nSPS) is 34.4. The molecule has 3 fully saturated rings. The predicted molar refractivity (Wildman–Crippen MR) is 86.0 cm³/mol. The van der Waals surface area contributed by atoms with Gasteiger partial charge < -0.3 is 10.2 Å². The molecule has 0 radical (unpaired) electrons. The molecule has 0 aromatic heterocycles. The molecular formula is C18H34N2. The number of piperidine rings is 1. The van der Waals surface area contributed by atoms with E-state index in [9.17, 15) is 0 Å². The molecule has 2 heteroatoms. The van der Waals surface area contributed by atoms with E-state index >= 15 is 0 Å². The maximum atomic E-state index is 4.07. The third-order valence-electron chi connectivity index (χ3n) is 5.92. The zero-order valence-electron chi connectivity index (χ0n) is 13.8. The molecule has 0 spiro atoms. The van der Waals surface area contributed by atoms with Crippen LogP contribution in [0, 0.1) is 11.3 Å². The van der Waals surface area contributed by atoms with Gasteiger partial charge in [0, 0.05) is 18.1 Å². The minimum Gasteiger partial charge on any atom is -0.311 e. The van der Waals surface area contributed by atoms with Gasteiger partial charge in [-0.15, -0.1) is 0 Å². The van der Waals surface area contributed by atoms with Crippen molar-refractivity contribution in [1.29, 1.82) is 0 Å². The number of nitrogens with one attached hydrogen (secondary N) is 1. The summed E-state index contributed by atoms with van der Waals surface area (Å²) in [6, 6.07) is 2.53. The van der Waals surface area contributed by atoms with Gasteiger partial charge in [-0.05, 0) is 62.9 Å². The van der Waals surface area contributed by atoms with Crippen LogP contribution < -0.4 is 5.32 Å². The molecule has 116 valence electrons. The molecule has 3 aliphatic rings. The molecule has 2 saturated carbocycles. The third-order valence-corrected chi connectivity index (χ3v) is 5.92. The van der Waals surface area contributed by atoms with E-state index in [2.05, 4.69) is 31.0 Å². The van der Waals surface area contributed by atoms with Crippen LogP contribution in [0.3, 0.4) is 0 Å². The lowest BCUT2D eigenvalue weighted by Gasteiger charge is -2.44. The van der Waals surface area contributed by atoms with Gasteiger partial charge in [0.1, 0.15) is 0 Å². The van der Waals surface area contributed by atoms with Crippen molar-refractivity contribution in [2.24, 2.45) is 11.3 Å². The average molecular weight is 278 g/mol. The Labute approximate surface area is 125 Å². The monoisotopic (exact) mass is 278 g/mol. The molecule has 3 rings (SSSR count). The molecule has 20 heavy (non-hydrogen) atoms. The summed E-state index contributed by atoms with van der Waals surface area (Å²) in [5.74, 6) is 0.873. The third kappa shape index (κ3) is 3.57. The molecule has 0 aromatic carbocycles. The summed E-state index contributed by atoms with van der Waals surface area (Å²) in [7, 11) is 0. The molecule has 1 heterocycles. The van der Waals surface area contributed by atoms with E-state index in [-0.39, 0.29) is 0 Å². The van der Waals surface area contributed by atoms with Crippen LogP contribution in [0.4, 0.5) is 0 Å². The molecule has 1 aliphatic heterocycles. The van der Waals surface area contributed by atoms with Gasteiger partial charge in [0.05, 0.1) is 0 Å². The fourth-order valence-electron chi connectivity index (χ4n) is 4.54. The minimum absolute atomic E-state index is 0.465. The number of hydrogen-bond acceptors (Lipinski definition) is 2. The molecule has 2 atom stereocenters. The highest BCUT2D eigenvalue weighted by atomic mass is 15.2. The van der Waals surface area contributed by atoms with E-state index < -0.39 is 0 Å². The van der Waals surface area contributed by atoms with Crippen LogP contribution in [-0.4, -0.2) is 36.1 Å². The molecule has 2 nitrogen and oxygen atoms in total. The molecule has 0 bridgehead atoms. The lowest BCUT2D eigenvalue weighted by Crippen LogP contribution is -2.51. The summed E-state index contributed by atoms with van der Waals surface area (Å²) in [4.78, 5) is 2.74. The highest BCUT2D eigenvalue weighted by Crippen LogP contribution is 2.38. The lowest BCUT2D eigenvalue weighted by molar-refractivity contribution is 0.106. The number of likely N-dealkylation sites (tertiary alicyclic amines) is 1. The van der Waals surface area contributed by atoms with Crippen LogP contribution in [0.2, 0.25) is 0 Å². The van der Waals surface area contributed by atoms with Crippen molar-refractivity contribution in [1.82, 2.24) is 10.2 Å². The molecular weight excluding hydrogens is 244 g/mol. The summed E-state index contributed by atoms with van der Waals surface area (Å²) in [5, 5.41) is 4.07. The second kappa shape index (κ2) is 5.96. The minimum atomic E-state index is 0.465. The molecule has 2 aliphatic carbocycles. The van der Waals surface area contributed by atoms with Gasteiger partial charge in [-0.3, -0.25) is 0 Å².